The summed E-state index contributed by atoms with van der Waals surface area (Å²) in [4.78, 5) is 12.6. The lowest BCUT2D eigenvalue weighted by Crippen LogP contribution is -2.40. The smallest absolute Gasteiger partial charge is 0.251 e. The molecule has 0 unspecified atom stereocenters. The Kier molecular flexibility index (Phi) is 7.30. The van der Waals surface area contributed by atoms with Crippen molar-refractivity contribution in [1.82, 2.24) is 9.62 Å². The lowest BCUT2D eigenvalue weighted by Gasteiger charge is -2.26. The van der Waals surface area contributed by atoms with E-state index in [1.54, 1.807) is 13.2 Å². The van der Waals surface area contributed by atoms with Crippen LogP contribution in [0.2, 0.25) is 0 Å². The first-order valence-electron chi connectivity index (χ1n) is 9.71. The van der Waals surface area contributed by atoms with Gasteiger partial charge in [0.25, 0.3) is 5.91 Å². The van der Waals surface area contributed by atoms with Crippen molar-refractivity contribution in [2.45, 2.75) is 18.4 Å². The lowest BCUT2D eigenvalue weighted by atomic mass is 10.1. The Morgan fingerprint density at radius 2 is 1.80 bits per heavy atom. The fourth-order valence-corrected chi connectivity index (χ4v) is 4.51. The van der Waals surface area contributed by atoms with E-state index in [4.69, 9.17) is 14.2 Å². The highest BCUT2D eigenvalue weighted by molar-refractivity contribution is 7.89. The summed E-state index contributed by atoms with van der Waals surface area (Å²) in [5.41, 5.74) is 1.24. The van der Waals surface area contributed by atoms with E-state index < -0.39 is 10.0 Å². The van der Waals surface area contributed by atoms with Gasteiger partial charge in [-0.1, -0.05) is 6.07 Å². The van der Waals surface area contributed by atoms with Gasteiger partial charge in [-0.15, -0.1) is 0 Å². The van der Waals surface area contributed by atoms with Gasteiger partial charge in [-0.2, -0.15) is 4.31 Å². The minimum atomic E-state index is -3.58. The van der Waals surface area contributed by atoms with Crippen LogP contribution in [0.3, 0.4) is 0 Å². The number of hydrogen-bond donors (Lipinski definition) is 1. The van der Waals surface area contributed by atoms with Gasteiger partial charge in [0.2, 0.25) is 10.0 Å². The molecule has 1 saturated heterocycles. The molecule has 3 rings (SSSR count). The normalized spacial score (nSPS) is 14.9. The first kappa shape index (κ1) is 22.1. The van der Waals surface area contributed by atoms with Gasteiger partial charge in [0.1, 0.15) is 0 Å². The minimum Gasteiger partial charge on any atom is -0.493 e. The van der Waals surface area contributed by atoms with Crippen LogP contribution in [-0.4, -0.2) is 58.7 Å². The molecule has 1 aliphatic rings. The second-order valence-corrected chi connectivity index (χ2v) is 8.58. The number of benzene rings is 2. The van der Waals surface area contributed by atoms with Crippen LogP contribution in [0.15, 0.2) is 47.4 Å². The van der Waals surface area contributed by atoms with Crippen molar-refractivity contribution in [2.75, 3.05) is 40.0 Å². The van der Waals surface area contributed by atoms with Crippen LogP contribution in [0.25, 0.3) is 0 Å². The van der Waals surface area contributed by atoms with E-state index in [1.807, 2.05) is 19.1 Å². The molecule has 30 heavy (non-hydrogen) atoms. The Hall–Kier alpha value is -2.62. The number of carbonyl (C=O) groups excluding carboxylic acids is 1. The minimum absolute atomic E-state index is 0.164. The third-order valence-corrected chi connectivity index (χ3v) is 6.62. The van der Waals surface area contributed by atoms with Crippen LogP contribution < -0.4 is 14.8 Å². The maximum absolute atomic E-state index is 12.7. The highest BCUT2D eigenvalue weighted by atomic mass is 32.2. The third kappa shape index (κ3) is 5.10. The van der Waals surface area contributed by atoms with Gasteiger partial charge in [0, 0.05) is 25.2 Å². The fraction of sp³-hybridized carbons (Fsp3) is 0.381. The fourth-order valence-electron chi connectivity index (χ4n) is 3.10. The highest BCUT2D eigenvalue weighted by Gasteiger charge is 2.26. The van der Waals surface area contributed by atoms with Crippen molar-refractivity contribution in [2.24, 2.45) is 0 Å². The topological polar surface area (TPSA) is 94.2 Å². The average molecular weight is 435 g/mol. The van der Waals surface area contributed by atoms with Crippen LogP contribution in [0.1, 0.15) is 22.8 Å². The van der Waals surface area contributed by atoms with E-state index in [2.05, 4.69) is 5.32 Å². The number of methoxy groups -OCH3 is 1. The van der Waals surface area contributed by atoms with Gasteiger partial charge in [0.05, 0.1) is 31.8 Å². The van der Waals surface area contributed by atoms with Crippen LogP contribution in [0.5, 0.6) is 11.5 Å². The summed E-state index contributed by atoms with van der Waals surface area (Å²) in [6, 6.07) is 11.4. The maximum atomic E-state index is 12.7. The first-order valence-corrected chi connectivity index (χ1v) is 11.2. The van der Waals surface area contributed by atoms with E-state index in [-0.39, 0.29) is 10.8 Å². The summed E-state index contributed by atoms with van der Waals surface area (Å²) < 4.78 is 42.7. The molecule has 0 bridgehead atoms. The molecule has 1 fully saturated rings. The van der Waals surface area contributed by atoms with Crippen LogP contribution in [0, 0.1) is 0 Å². The molecule has 0 aliphatic carbocycles. The molecule has 1 amide bonds. The maximum Gasteiger partial charge on any atom is 0.251 e. The Morgan fingerprint density at radius 3 is 2.43 bits per heavy atom. The van der Waals surface area contributed by atoms with E-state index in [1.165, 1.54) is 28.6 Å². The van der Waals surface area contributed by atoms with Crippen molar-refractivity contribution >= 4 is 15.9 Å². The van der Waals surface area contributed by atoms with Crippen molar-refractivity contribution in [3.05, 3.63) is 53.6 Å². The molecule has 162 valence electrons. The summed E-state index contributed by atoms with van der Waals surface area (Å²) in [5.74, 6) is 0.951. The van der Waals surface area contributed by atoms with Crippen molar-refractivity contribution in [3.8, 4) is 11.5 Å². The van der Waals surface area contributed by atoms with E-state index >= 15 is 0 Å². The molecule has 0 spiro atoms. The van der Waals surface area contributed by atoms with E-state index in [9.17, 15) is 13.2 Å². The number of carbonyl (C=O) groups is 1. The zero-order valence-electron chi connectivity index (χ0n) is 17.1. The summed E-state index contributed by atoms with van der Waals surface area (Å²) in [5, 5.41) is 2.83. The number of morpholine rings is 1. The highest BCUT2D eigenvalue weighted by Crippen LogP contribution is 2.28. The third-order valence-electron chi connectivity index (χ3n) is 4.71. The quantitative estimate of drug-likeness (QED) is 0.683. The van der Waals surface area contributed by atoms with Crippen molar-refractivity contribution < 1.29 is 27.4 Å². The van der Waals surface area contributed by atoms with Gasteiger partial charge in [-0.25, -0.2) is 8.42 Å². The van der Waals surface area contributed by atoms with Crippen LogP contribution in [-0.2, 0) is 21.3 Å². The zero-order chi connectivity index (χ0) is 21.6. The van der Waals surface area contributed by atoms with Crippen LogP contribution in [0.4, 0.5) is 0 Å². The number of nitrogens with zero attached hydrogens (tertiary/aromatic N) is 1. The number of nitrogens with one attached hydrogen (secondary N) is 1. The van der Waals surface area contributed by atoms with Gasteiger partial charge in [-0.05, 0) is 48.9 Å². The molecule has 0 aromatic heterocycles. The zero-order valence-corrected chi connectivity index (χ0v) is 17.9. The SMILES string of the molecule is CCOc1cc(CNC(=O)c2ccc(S(=O)(=O)N3CCOCC3)cc2)ccc1OC. The Bertz CT molecular complexity index is 969. The Balaban J connectivity index is 1.64. The Morgan fingerprint density at radius 1 is 1.10 bits per heavy atom. The number of sulfonamides is 1. The number of rotatable bonds is 8. The first-order chi connectivity index (χ1) is 14.5. The largest absolute Gasteiger partial charge is 0.493 e. The molecular weight excluding hydrogens is 408 g/mol. The van der Waals surface area contributed by atoms with Gasteiger partial charge < -0.3 is 19.5 Å². The Labute approximate surface area is 176 Å². The average Bonchev–Trinajstić information content (AvgIpc) is 2.78. The molecule has 0 radical (unpaired) electrons. The van der Waals surface area contributed by atoms with Crippen LogP contribution >= 0.6 is 0 Å². The molecule has 0 saturated carbocycles. The van der Waals surface area contributed by atoms with Gasteiger partial charge in [0.15, 0.2) is 11.5 Å². The molecule has 8 nitrogen and oxygen atoms in total. The monoisotopic (exact) mass is 434 g/mol. The van der Waals surface area contributed by atoms with Gasteiger partial charge in [-0.3, -0.25) is 4.79 Å². The number of amides is 1. The second-order valence-electron chi connectivity index (χ2n) is 6.64. The van der Waals surface area contributed by atoms with E-state index in [0.717, 1.165) is 5.56 Å². The number of ether oxygens (including phenoxy) is 3. The molecular formula is C21H26N2O6S. The number of hydrogen-bond acceptors (Lipinski definition) is 6. The molecule has 2 aromatic carbocycles. The second kappa shape index (κ2) is 9.92. The predicted octanol–water partition coefficient (Wildman–Crippen LogP) is 2.04. The summed E-state index contributed by atoms with van der Waals surface area (Å²) >= 11 is 0. The molecule has 1 N–H and O–H groups in total. The molecule has 0 atom stereocenters. The molecule has 1 aliphatic heterocycles. The van der Waals surface area contributed by atoms with Crippen molar-refractivity contribution in [3.63, 3.8) is 0 Å². The lowest BCUT2D eigenvalue weighted by molar-refractivity contribution is 0.0730. The predicted molar refractivity (Wildman–Crippen MR) is 111 cm³/mol. The molecule has 9 heteroatoms. The summed E-state index contributed by atoms with van der Waals surface area (Å²) in [6.45, 7) is 4.12. The van der Waals surface area contributed by atoms with Crippen molar-refractivity contribution in [1.29, 1.82) is 0 Å². The molecule has 1 heterocycles. The molecule has 2 aromatic rings. The summed E-state index contributed by atoms with van der Waals surface area (Å²) in [7, 11) is -2.01. The van der Waals surface area contributed by atoms with E-state index in [0.29, 0.717) is 56.5 Å². The summed E-state index contributed by atoms with van der Waals surface area (Å²) in [6.07, 6.45) is 0. The standard InChI is InChI=1S/C21H26N2O6S/c1-3-29-20-14-16(4-9-19(20)27-2)15-22-21(24)17-5-7-18(8-6-17)30(25,26)23-10-12-28-13-11-23/h4-9,14H,3,10-13,15H2,1-2H3,(H,22,24). The van der Waals surface area contributed by atoms with Gasteiger partial charge >= 0.3 is 0 Å².